The van der Waals surface area contributed by atoms with Crippen molar-refractivity contribution in [3.8, 4) is 5.75 Å². The number of ether oxygens (including phenoxy) is 1. The summed E-state index contributed by atoms with van der Waals surface area (Å²) in [6, 6.07) is 3.76. The molecule has 0 aromatic heterocycles. The van der Waals surface area contributed by atoms with E-state index in [-0.39, 0.29) is 24.7 Å². The average Bonchev–Trinajstić information content (AvgIpc) is 3.63. The van der Waals surface area contributed by atoms with Gasteiger partial charge in [0.25, 0.3) is 11.8 Å². The number of nitrogen functional groups attached to an aromatic ring is 1. The van der Waals surface area contributed by atoms with Crippen molar-refractivity contribution >= 4 is 41.5 Å². The number of piperazine rings is 1. The van der Waals surface area contributed by atoms with Crippen LogP contribution in [-0.4, -0.2) is 113 Å². The van der Waals surface area contributed by atoms with Crippen LogP contribution in [0.4, 0.5) is 10.1 Å². The van der Waals surface area contributed by atoms with Crippen molar-refractivity contribution in [3.63, 3.8) is 0 Å². The number of rotatable bonds is 12. The van der Waals surface area contributed by atoms with Crippen molar-refractivity contribution in [2.24, 2.45) is 11.8 Å². The van der Waals surface area contributed by atoms with Crippen LogP contribution in [0.3, 0.4) is 0 Å². The van der Waals surface area contributed by atoms with Crippen molar-refractivity contribution in [3.05, 3.63) is 23.8 Å². The lowest BCUT2D eigenvalue weighted by atomic mass is 9.82. The molecule has 5 rings (SSSR count). The second kappa shape index (κ2) is 14.5. The van der Waals surface area contributed by atoms with Gasteiger partial charge in [0, 0.05) is 49.6 Å². The monoisotopic (exact) mass is 659 g/mol. The van der Waals surface area contributed by atoms with Gasteiger partial charge in [0.15, 0.2) is 5.67 Å². The highest BCUT2D eigenvalue weighted by Crippen LogP contribution is 2.42. The number of nitrogens with zero attached hydrogens (tertiary/aromatic N) is 3. The molecule has 12 heteroatoms. The Morgan fingerprint density at radius 3 is 2.50 bits per heavy atom. The highest BCUT2D eigenvalue weighted by atomic mass is 32.2. The van der Waals surface area contributed by atoms with Crippen LogP contribution < -0.4 is 15.8 Å². The highest BCUT2D eigenvalue weighted by Gasteiger charge is 2.53. The van der Waals surface area contributed by atoms with Crippen LogP contribution in [0, 0.1) is 11.8 Å². The van der Waals surface area contributed by atoms with Gasteiger partial charge in [-0.05, 0) is 94.6 Å². The van der Waals surface area contributed by atoms with E-state index in [2.05, 4.69) is 10.2 Å². The number of amides is 3. The summed E-state index contributed by atoms with van der Waals surface area (Å²) in [7, 11) is 1.54. The van der Waals surface area contributed by atoms with Crippen molar-refractivity contribution < 1.29 is 28.3 Å². The molecule has 3 amide bonds. The van der Waals surface area contributed by atoms with Gasteiger partial charge >= 0.3 is 0 Å². The fourth-order valence-electron chi connectivity index (χ4n) is 7.16. The Balaban J connectivity index is 1.13. The first-order chi connectivity index (χ1) is 21.9. The van der Waals surface area contributed by atoms with E-state index < -0.39 is 28.4 Å². The summed E-state index contributed by atoms with van der Waals surface area (Å²) in [6.45, 7) is 8.39. The molecule has 4 aliphatic rings. The van der Waals surface area contributed by atoms with Gasteiger partial charge in [-0.15, -0.1) is 0 Å². The molecule has 10 nitrogen and oxygen atoms in total. The van der Waals surface area contributed by atoms with E-state index in [9.17, 15) is 23.6 Å². The Morgan fingerprint density at radius 1 is 1.11 bits per heavy atom. The number of carbonyl (C=O) groups is 4. The summed E-state index contributed by atoms with van der Waals surface area (Å²) in [5.41, 5.74) is 5.13. The molecule has 2 aliphatic heterocycles. The van der Waals surface area contributed by atoms with Gasteiger partial charge in [0.1, 0.15) is 18.1 Å². The lowest BCUT2D eigenvalue weighted by molar-refractivity contribution is -0.140. The number of benzene rings is 1. The number of carbonyl (C=O) groups excluding carboxylic acids is 4. The lowest BCUT2D eigenvalue weighted by Gasteiger charge is -2.40. The maximum absolute atomic E-state index is 14.7. The topological polar surface area (TPSA) is 125 Å². The van der Waals surface area contributed by atoms with E-state index in [1.165, 1.54) is 6.42 Å². The molecule has 0 bridgehead atoms. The number of halogens is 1. The minimum absolute atomic E-state index is 0.00600. The predicted molar refractivity (Wildman–Crippen MR) is 178 cm³/mol. The molecule has 4 unspecified atom stereocenters. The van der Waals surface area contributed by atoms with Crippen LogP contribution in [0.25, 0.3) is 0 Å². The first-order valence-electron chi connectivity index (χ1n) is 16.8. The number of anilines is 1. The third-order valence-electron chi connectivity index (χ3n) is 10.3. The first-order valence-corrected chi connectivity index (χ1v) is 17.8. The summed E-state index contributed by atoms with van der Waals surface area (Å²) in [6.07, 6.45) is 7.04. The minimum atomic E-state index is -1.88. The van der Waals surface area contributed by atoms with Gasteiger partial charge in [-0.1, -0.05) is 6.42 Å². The normalized spacial score (nSPS) is 25.5. The van der Waals surface area contributed by atoms with Crippen LogP contribution >= 0.6 is 11.8 Å². The quantitative estimate of drug-likeness (QED) is 0.258. The largest absolute Gasteiger partial charge is 0.495 e. The van der Waals surface area contributed by atoms with E-state index in [1.54, 1.807) is 42.0 Å². The Hall–Kier alpha value is -2.86. The van der Waals surface area contributed by atoms with Crippen LogP contribution in [-0.2, 0) is 14.4 Å². The SMILES string of the molecule is COc1cc(C(=O)N2CCN(CC3CCCC(CSC(C)(C)C(NC(=O)C4(F)CC4)C(=O)N4CCCC4C=O)C3)CC2)ccc1N. The number of alkyl halides is 1. The zero-order valence-electron chi connectivity index (χ0n) is 27.5. The van der Waals surface area contributed by atoms with Crippen molar-refractivity contribution in [2.75, 3.05) is 57.9 Å². The smallest absolute Gasteiger partial charge is 0.258 e. The standard InChI is InChI=1S/C34H50FN5O5S/c1-33(2,29(37-32(44)34(35)11-12-34)31(43)40-13-5-8-26(40)21-41)46-22-24-7-4-6-23(18-24)20-38-14-16-39(17-15-38)30(42)25-9-10-27(36)28(19-25)45-3/h9-10,19,21,23-24,26,29H,4-8,11-18,20,22,36H2,1-3H3,(H,37,44). The van der Waals surface area contributed by atoms with Gasteiger partial charge in [-0.3, -0.25) is 19.3 Å². The lowest BCUT2D eigenvalue weighted by Crippen LogP contribution is -2.59. The predicted octanol–water partition coefficient (Wildman–Crippen LogP) is 3.53. The maximum atomic E-state index is 14.7. The zero-order chi connectivity index (χ0) is 33.1. The molecular formula is C34H50FN5O5S. The fraction of sp³-hybridized carbons (Fsp3) is 0.706. The molecule has 0 radical (unpaired) electrons. The van der Waals surface area contributed by atoms with E-state index in [1.807, 2.05) is 18.7 Å². The number of hydrogen-bond donors (Lipinski definition) is 2. The maximum Gasteiger partial charge on any atom is 0.258 e. The molecule has 1 aromatic rings. The van der Waals surface area contributed by atoms with E-state index in [4.69, 9.17) is 10.5 Å². The zero-order valence-corrected chi connectivity index (χ0v) is 28.3. The molecule has 0 spiro atoms. The van der Waals surface area contributed by atoms with Crippen LogP contribution in [0.15, 0.2) is 18.2 Å². The minimum Gasteiger partial charge on any atom is -0.495 e. The summed E-state index contributed by atoms with van der Waals surface area (Å²) < 4.78 is 19.3. The summed E-state index contributed by atoms with van der Waals surface area (Å²) in [5, 5.41) is 2.77. The average molecular weight is 660 g/mol. The molecule has 2 saturated carbocycles. The van der Waals surface area contributed by atoms with Crippen LogP contribution in [0.2, 0.25) is 0 Å². The van der Waals surface area contributed by atoms with Gasteiger partial charge < -0.3 is 30.4 Å². The van der Waals surface area contributed by atoms with Gasteiger partial charge in [0.05, 0.1) is 18.8 Å². The second-order valence-electron chi connectivity index (χ2n) is 14.1. The van der Waals surface area contributed by atoms with E-state index >= 15 is 0 Å². The number of likely N-dealkylation sites (tertiary alicyclic amines) is 1. The van der Waals surface area contributed by atoms with E-state index in [0.717, 1.165) is 57.4 Å². The van der Waals surface area contributed by atoms with Crippen LogP contribution in [0.5, 0.6) is 5.75 Å². The molecule has 254 valence electrons. The fourth-order valence-corrected chi connectivity index (χ4v) is 8.46. The van der Waals surface area contributed by atoms with Crippen molar-refractivity contribution in [1.82, 2.24) is 20.0 Å². The third-order valence-corrected chi connectivity index (χ3v) is 11.9. The molecule has 3 N–H and O–H groups in total. The molecule has 4 atom stereocenters. The number of thioether (sulfide) groups is 1. The van der Waals surface area contributed by atoms with Crippen LogP contribution in [0.1, 0.15) is 75.6 Å². The Labute approximate surface area is 276 Å². The number of nitrogens with one attached hydrogen (secondary N) is 1. The Kier molecular flexibility index (Phi) is 10.9. The van der Waals surface area contributed by atoms with Crippen molar-refractivity contribution in [1.29, 1.82) is 0 Å². The summed E-state index contributed by atoms with van der Waals surface area (Å²) >= 11 is 1.67. The molecule has 2 heterocycles. The number of nitrogens with two attached hydrogens (primary N) is 1. The molecule has 46 heavy (non-hydrogen) atoms. The first kappa shape index (κ1) is 34.5. The number of aldehydes is 1. The molecular weight excluding hydrogens is 609 g/mol. The van der Waals surface area contributed by atoms with Gasteiger partial charge in [-0.2, -0.15) is 11.8 Å². The highest BCUT2D eigenvalue weighted by molar-refractivity contribution is 8.00. The summed E-state index contributed by atoms with van der Waals surface area (Å²) in [5.74, 6) is 1.37. The summed E-state index contributed by atoms with van der Waals surface area (Å²) in [4.78, 5) is 57.2. The second-order valence-corrected chi connectivity index (χ2v) is 15.8. The molecule has 1 aromatic carbocycles. The van der Waals surface area contributed by atoms with Crippen molar-refractivity contribution in [2.45, 2.75) is 87.7 Å². The number of hydrogen-bond acceptors (Lipinski definition) is 8. The third kappa shape index (κ3) is 7.98. The Morgan fingerprint density at radius 2 is 1.83 bits per heavy atom. The van der Waals surface area contributed by atoms with Gasteiger partial charge in [0.2, 0.25) is 5.91 Å². The van der Waals surface area contributed by atoms with Gasteiger partial charge in [-0.25, -0.2) is 4.39 Å². The number of methoxy groups -OCH3 is 1. The Bertz CT molecular complexity index is 1280. The molecule has 2 aliphatic carbocycles. The molecule has 2 saturated heterocycles. The molecule has 4 fully saturated rings. The van der Waals surface area contributed by atoms with E-state index in [0.29, 0.717) is 54.9 Å².